The van der Waals surface area contributed by atoms with Gasteiger partial charge in [0, 0.05) is 50.7 Å². The van der Waals surface area contributed by atoms with E-state index in [-0.39, 0.29) is 11.9 Å². The third-order valence-electron chi connectivity index (χ3n) is 6.06. The molecule has 1 heterocycles. The molecule has 1 aliphatic heterocycles. The number of ether oxygens (including phenoxy) is 3. The second-order valence-corrected chi connectivity index (χ2v) is 7.71. The number of methoxy groups -OCH3 is 3. The molecule has 1 aromatic carbocycles. The van der Waals surface area contributed by atoms with E-state index in [4.69, 9.17) is 19.9 Å². The van der Waals surface area contributed by atoms with Crippen molar-refractivity contribution in [2.24, 2.45) is 11.7 Å². The van der Waals surface area contributed by atoms with Gasteiger partial charge in [0.05, 0.1) is 21.3 Å². The third kappa shape index (κ3) is 4.52. The third-order valence-corrected chi connectivity index (χ3v) is 6.06. The molecule has 156 valence electrons. The molecule has 2 fully saturated rings. The fraction of sp³-hybridized carbons (Fsp3) is 0.667. The smallest absolute Gasteiger partial charge is 0.222 e. The lowest BCUT2D eigenvalue weighted by molar-refractivity contribution is -0.134. The number of amides is 1. The van der Waals surface area contributed by atoms with Crippen molar-refractivity contribution in [2.45, 2.75) is 38.3 Å². The van der Waals surface area contributed by atoms with Crippen molar-refractivity contribution in [2.75, 3.05) is 47.5 Å². The Balaban J connectivity index is 1.56. The Bertz CT molecular complexity index is 674. The Morgan fingerprint density at radius 3 is 2.32 bits per heavy atom. The number of carbonyl (C=O) groups is 1. The highest BCUT2D eigenvalue weighted by Crippen LogP contribution is 2.40. The molecule has 2 aliphatic rings. The summed E-state index contributed by atoms with van der Waals surface area (Å²) < 4.78 is 16.4. The summed E-state index contributed by atoms with van der Waals surface area (Å²) in [6, 6.07) is 4.11. The minimum Gasteiger partial charge on any atom is -0.493 e. The highest BCUT2D eigenvalue weighted by atomic mass is 16.5. The fourth-order valence-corrected chi connectivity index (χ4v) is 4.36. The van der Waals surface area contributed by atoms with E-state index < -0.39 is 0 Å². The summed E-state index contributed by atoms with van der Waals surface area (Å²) in [5, 5.41) is 0. The maximum absolute atomic E-state index is 12.6. The maximum Gasteiger partial charge on any atom is 0.222 e. The quantitative estimate of drug-likeness (QED) is 0.765. The van der Waals surface area contributed by atoms with Gasteiger partial charge in [-0.2, -0.15) is 0 Å². The Labute approximate surface area is 167 Å². The van der Waals surface area contributed by atoms with Gasteiger partial charge in [0.1, 0.15) is 0 Å². The van der Waals surface area contributed by atoms with Crippen LogP contribution in [0.1, 0.15) is 31.2 Å². The van der Waals surface area contributed by atoms with Crippen LogP contribution in [0.2, 0.25) is 0 Å². The molecule has 0 bridgehead atoms. The lowest BCUT2D eigenvalue weighted by Crippen LogP contribution is -2.49. The number of benzene rings is 1. The fourth-order valence-electron chi connectivity index (χ4n) is 4.36. The summed E-state index contributed by atoms with van der Waals surface area (Å²) >= 11 is 0. The largest absolute Gasteiger partial charge is 0.493 e. The molecule has 2 N–H and O–H groups in total. The van der Waals surface area contributed by atoms with Gasteiger partial charge in [-0.1, -0.05) is 12.5 Å². The monoisotopic (exact) mass is 391 g/mol. The summed E-state index contributed by atoms with van der Waals surface area (Å²) in [4.78, 5) is 17.0. The lowest BCUT2D eigenvalue weighted by atomic mass is 9.99. The second-order valence-electron chi connectivity index (χ2n) is 7.71. The van der Waals surface area contributed by atoms with Crippen LogP contribution in [0.4, 0.5) is 0 Å². The van der Waals surface area contributed by atoms with Crippen molar-refractivity contribution in [3.05, 3.63) is 17.7 Å². The number of rotatable bonds is 7. The van der Waals surface area contributed by atoms with Crippen LogP contribution in [0.15, 0.2) is 12.1 Å². The average Bonchev–Trinajstić information content (AvgIpc) is 3.12. The van der Waals surface area contributed by atoms with E-state index >= 15 is 0 Å². The summed E-state index contributed by atoms with van der Waals surface area (Å²) in [6.07, 6.45) is 3.90. The van der Waals surface area contributed by atoms with Crippen molar-refractivity contribution in [1.29, 1.82) is 0 Å². The number of hydrogen-bond acceptors (Lipinski definition) is 6. The maximum atomic E-state index is 12.6. The van der Waals surface area contributed by atoms with Gasteiger partial charge >= 0.3 is 0 Å². The number of piperazine rings is 1. The normalized spacial score (nSPS) is 22.9. The second kappa shape index (κ2) is 9.47. The van der Waals surface area contributed by atoms with Gasteiger partial charge in [0.25, 0.3) is 0 Å². The molecule has 0 radical (unpaired) electrons. The minimum atomic E-state index is 0.197. The van der Waals surface area contributed by atoms with E-state index in [1.165, 1.54) is 0 Å². The SMILES string of the molecule is COc1ccc(CN2CCN(C(=O)C[C@@H]3CCC[C@H]3N)CC2)c(OC)c1OC. The number of nitrogens with zero attached hydrogens (tertiary/aromatic N) is 2. The molecule has 1 aliphatic carbocycles. The van der Waals surface area contributed by atoms with E-state index in [1.54, 1.807) is 21.3 Å². The Morgan fingerprint density at radius 1 is 1.04 bits per heavy atom. The van der Waals surface area contributed by atoms with Gasteiger partial charge in [-0.25, -0.2) is 0 Å². The molecule has 1 saturated carbocycles. The summed E-state index contributed by atoms with van der Waals surface area (Å²) in [7, 11) is 4.88. The van der Waals surface area contributed by atoms with E-state index in [0.717, 1.165) is 57.5 Å². The molecule has 7 nitrogen and oxygen atoms in total. The molecule has 7 heteroatoms. The highest BCUT2D eigenvalue weighted by Gasteiger charge is 2.29. The van der Waals surface area contributed by atoms with E-state index in [1.807, 2.05) is 17.0 Å². The molecule has 1 amide bonds. The molecule has 1 saturated heterocycles. The number of nitrogens with two attached hydrogens (primary N) is 1. The van der Waals surface area contributed by atoms with Crippen molar-refractivity contribution >= 4 is 5.91 Å². The minimum absolute atomic E-state index is 0.197. The van der Waals surface area contributed by atoms with Gasteiger partial charge in [-0.3, -0.25) is 9.69 Å². The van der Waals surface area contributed by atoms with Crippen LogP contribution < -0.4 is 19.9 Å². The summed E-state index contributed by atoms with van der Waals surface area (Å²) in [5.74, 6) is 2.59. The molecule has 0 aromatic heterocycles. The van der Waals surface area contributed by atoms with Gasteiger partial charge in [-0.05, 0) is 24.8 Å². The molecular formula is C21H33N3O4. The Kier molecular flexibility index (Phi) is 7.02. The zero-order chi connectivity index (χ0) is 20.1. The van der Waals surface area contributed by atoms with Crippen LogP contribution >= 0.6 is 0 Å². The van der Waals surface area contributed by atoms with E-state index in [9.17, 15) is 4.79 Å². The van der Waals surface area contributed by atoms with Crippen LogP contribution in [-0.2, 0) is 11.3 Å². The first-order valence-corrected chi connectivity index (χ1v) is 10.1. The lowest BCUT2D eigenvalue weighted by Gasteiger charge is -2.35. The number of hydrogen-bond donors (Lipinski definition) is 1. The predicted molar refractivity (Wildman–Crippen MR) is 108 cm³/mol. The zero-order valence-electron chi connectivity index (χ0n) is 17.3. The van der Waals surface area contributed by atoms with Crippen LogP contribution in [0.5, 0.6) is 17.2 Å². The molecule has 0 spiro atoms. The molecular weight excluding hydrogens is 358 g/mol. The van der Waals surface area contributed by atoms with Crippen molar-refractivity contribution in [3.8, 4) is 17.2 Å². The standard InChI is InChI=1S/C21H33N3O4/c1-26-18-8-7-16(20(27-2)21(18)28-3)14-23-9-11-24(12-10-23)19(25)13-15-5-4-6-17(15)22/h7-8,15,17H,4-6,9-14,22H2,1-3H3/t15-,17+/m0/s1. The highest BCUT2D eigenvalue weighted by molar-refractivity contribution is 5.76. The first-order chi connectivity index (χ1) is 13.6. The molecule has 1 aromatic rings. The van der Waals surface area contributed by atoms with Crippen molar-refractivity contribution in [3.63, 3.8) is 0 Å². The first-order valence-electron chi connectivity index (χ1n) is 10.1. The number of carbonyl (C=O) groups excluding carboxylic acids is 1. The summed E-state index contributed by atoms with van der Waals surface area (Å²) in [6.45, 7) is 3.96. The predicted octanol–water partition coefficient (Wildman–Crippen LogP) is 1.87. The topological polar surface area (TPSA) is 77.3 Å². The van der Waals surface area contributed by atoms with E-state index in [2.05, 4.69) is 4.90 Å². The van der Waals surface area contributed by atoms with Crippen LogP contribution in [0.25, 0.3) is 0 Å². The van der Waals surface area contributed by atoms with Crippen molar-refractivity contribution < 1.29 is 19.0 Å². The zero-order valence-corrected chi connectivity index (χ0v) is 17.3. The van der Waals surface area contributed by atoms with Crippen molar-refractivity contribution in [1.82, 2.24) is 9.80 Å². The van der Waals surface area contributed by atoms with Crippen LogP contribution in [-0.4, -0.2) is 69.3 Å². The average molecular weight is 392 g/mol. The van der Waals surface area contributed by atoms with Gasteiger partial charge in [0.2, 0.25) is 11.7 Å². The first kappa shape index (κ1) is 20.7. The van der Waals surface area contributed by atoms with Crippen LogP contribution in [0, 0.1) is 5.92 Å². The molecule has 2 atom stereocenters. The Morgan fingerprint density at radius 2 is 1.75 bits per heavy atom. The van der Waals surface area contributed by atoms with Crippen LogP contribution in [0.3, 0.4) is 0 Å². The molecule has 0 unspecified atom stereocenters. The Hall–Kier alpha value is -1.99. The van der Waals surface area contributed by atoms with E-state index in [0.29, 0.717) is 29.6 Å². The van der Waals surface area contributed by atoms with Gasteiger partial charge < -0.3 is 24.8 Å². The molecule has 28 heavy (non-hydrogen) atoms. The molecule has 3 rings (SSSR count). The van der Waals surface area contributed by atoms with Gasteiger partial charge in [-0.15, -0.1) is 0 Å². The van der Waals surface area contributed by atoms with Gasteiger partial charge in [0.15, 0.2) is 11.5 Å². The summed E-state index contributed by atoms with van der Waals surface area (Å²) in [5.41, 5.74) is 7.18.